The van der Waals surface area contributed by atoms with Crippen LogP contribution in [-0.2, 0) is 11.3 Å². The Morgan fingerprint density at radius 1 is 1.03 bits per heavy atom. The summed E-state index contributed by atoms with van der Waals surface area (Å²) in [7, 11) is 0. The van der Waals surface area contributed by atoms with E-state index >= 15 is 0 Å². The molecule has 4 heterocycles. The molecular formula is C24H27N7OS2. The Morgan fingerprint density at radius 3 is 2.68 bits per heavy atom. The van der Waals surface area contributed by atoms with Crippen LogP contribution in [-0.4, -0.2) is 61.4 Å². The fourth-order valence-electron chi connectivity index (χ4n) is 4.78. The standard InChI is InChI=1S/C24H27N7OS2/c1-3-7-17(8-4-1)19-16-33-22-21(19)23(26-20(25-22)15-30-11-13-32-14-12-30)34-24-27-28-29-31(24)18-9-5-2-6-10-18/h1,3-4,7-8,16,18H,2,5-6,9-15H2. The van der Waals surface area contributed by atoms with Crippen molar-refractivity contribution in [2.75, 3.05) is 26.3 Å². The average Bonchev–Trinajstić information content (AvgIpc) is 3.53. The van der Waals surface area contributed by atoms with Crippen LogP contribution in [0, 0.1) is 0 Å². The van der Waals surface area contributed by atoms with Gasteiger partial charge in [-0.2, -0.15) is 0 Å². The lowest BCUT2D eigenvalue weighted by Gasteiger charge is -2.25. The van der Waals surface area contributed by atoms with Crippen LogP contribution in [0.25, 0.3) is 21.3 Å². The van der Waals surface area contributed by atoms with Crippen molar-refractivity contribution in [1.82, 2.24) is 35.1 Å². The second kappa shape index (κ2) is 10.1. The molecule has 1 aliphatic heterocycles. The molecule has 1 saturated heterocycles. The van der Waals surface area contributed by atoms with Crippen LogP contribution in [0.1, 0.15) is 44.0 Å². The Morgan fingerprint density at radius 2 is 1.85 bits per heavy atom. The van der Waals surface area contributed by atoms with Gasteiger partial charge in [0.1, 0.15) is 15.7 Å². The molecule has 34 heavy (non-hydrogen) atoms. The fraction of sp³-hybridized carbons (Fsp3) is 0.458. The third-order valence-corrected chi connectivity index (χ3v) is 8.38. The largest absolute Gasteiger partial charge is 0.379 e. The van der Waals surface area contributed by atoms with E-state index in [-0.39, 0.29) is 0 Å². The quantitative estimate of drug-likeness (QED) is 0.353. The zero-order valence-electron chi connectivity index (χ0n) is 19.0. The van der Waals surface area contributed by atoms with E-state index < -0.39 is 0 Å². The molecule has 3 aromatic heterocycles. The molecule has 0 atom stereocenters. The van der Waals surface area contributed by atoms with Crippen LogP contribution in [0.15, 0.2) is 45.9 Å². The number of ether oxygens (including phenoxy) is 1. The minimum atomic E-state index is 0.368. The van der Waals surface area contributed by atoms with Gasteiger partial charge >= 0.3 is 0 Å². The molecule has 0 bridgehead atoms. The number of nitrogens with zero attached hydrogens (tertiary/aromatic N) is 7. The molecule has 2 fully saturated rings. The highest BCUT2D eigenvalue weighted by Crippen LogP contribution is 2.41. The Hall–Kier alpha value is -2.40. The number of hydrogen-bond donors (Lipinski definition) is 0. The van der Waals surface area contributed by atoms with E-state index in [0.29, 0.717) is 6.04 Å². The lowest BCUT2D eigenvalue weighted by Crippen LogP contribution is -2.36. The fourth-order valence-corrected chi connectivity index (χ4v) is 6.80. The van der Waals surface area contributed by atoms with Crippen molar-refractivity contribution in [1.29, 1.82) is 0 Å². The smallest absolute Gasteiger partial charge is 0.215 e. The summed E-state index contributed by atoms with van der Waals surface area (Å²) in [6, 6.07) is 10.8. The SMILES string of the molecule is c1ccc(-c2csc3nc(CN4CCOCC4)nc(Sc4nnnn4C4CCCCC4)c23)cc1. The second-order valence-corrected chi connectivity index (χ2v) is 10.6. The van der Waals surface area contributed by atoms with Crippen molar-refractivity contribution < 1.29 is 4.74 Å². The predicted octanol–water partition coefficient (Wildman–Crippen LogP) is 4.83. The van der Waals surface area contributed by atoms with E-state index in [1.54, 1.807) is 23.1 Å². The molecule has 0 N–H and O–H groups in total. The van der Waals surface area contributed by atoms with Gasteiger partial charge in [-0.3, -0.25) is 4.90 Å². The molecule has 10 heteroatoms. The summed E-state index contributed by atoms with van der Waals surface area (Å²) in [4.78, 5) is 13.4. The van der Waals surface area contributed by atoms with Crippen LogP contribution in [0.2, 0.25) is 0 Å². The highest BCUT2D eigenvalue weighted by molar-refractivity contribution is 7.99. The zero-order valence-corrected chi connectivity index (χ0v) is 20.6. The maximum Gasteiger partial charge on any atom is 0.215 e. The lowest BCUT2D eigenvalue weighted by molar-refractivity contribution is 0.0330. The predicted molar refractivity (Wildman–Crippen MR) is 133 cm³/mol. The molecule has 6 rings (SSSR count). The molecule has 1 aromatic carbocycles. The first-order valence-corrected chi connectivity index (χ1v) is 13.6. The number of aromatic nitrogens is 6. The van der Waals surface area contributed by atoms with E-state index in [1.165, 1.54) is 24.8 Å². The molecular weight excluding hydrogens is 466 g/mol. The van der Waals surface area contributed by atoms with Crippen molar-refractivity contribution in [3.05, 3.63) is 41.5 Å². The van der Waals surface area contributed by atoms with E-state index in [0.717, 1.165) is 77.5 Å². The van der Waals surface area contributed by atoms with Crippen LogP contribution < -0.4 is 0 Å². The Bertz CT molecular complexity index is 1250. The number of thiophene rings is 1. The summed E-state index contributed by atoms with van der Waals surface area (Å²) in [5, 5.41) is 17.8. The second-order valence-electron chi connectivity index (χ2n) is 8.83. The number of hydrogen-bond acceptors (Lipinski definition) is 9. The van der Waals surface area contributed by atoms with E-state index in [2.05, 4.69) is 50.1 Å². The van der Waals surface area contributed by atoms with Gasteiger partial charge in [0.2, 0.25) is 5.16 Å². The highest BCUT2D eigenvalue weighted by Gasteiger charge is 2.24. The molecule has 0 spiro atoms. The molecule has 176 valence electrons. The summed E-state index contributed by atoms with van der Waals surface area (Å²) in [6.07, 6.45) is 6.03. The third-order valence-electron chi connectivity index (χ3n) is 6.57. The van der Waals surface area contributed by atoms with Gasteiger partial charge in [0.05, 0.1) is 31.2 Å². The van der Waals surface area contributed by atoms with Crippen molar-refractivity contribution in [2.45, 2.75) is 54.9 Å². The third kappa shape index (κ3) is 4.59. The molecule has 1 aliphatic carbocycles. The van der Waals surface area contributed by atoms with Crippen LogP contribution in [0.5, 0.6) is 0 Å². The zero-order chi connectivity index (χ0) is 22.7. The Labute approximate surface area is 206 Å². The Kier molecular flexibility index (Phi) is 6.54. The van der Waals surface area contributed by atoms with Gasteiger partial charge in [0.25, 0.3) is 0 Å². The number of benzene rings is 1. The van der Waals surface area contributed by atoms with Gasteiger partial charge in [-0.1, -0.05) is 49.6 Å². The summed E-state index contributed by atoms with van der Waals surface area (Å²) < 4.78 is 7.54. The van der Waals surface area contributed by atoms with E-state index in [9.17, 15) is 0 Å². The van der Waals surface area contributed by atoms with Gasteiger partial charge in [0, 0.05) is 24.0 Å². The normalized spacial score (nSPS) is 18.0. The molecule has 8 nitrogen and oxygen atoms in total. The number of tetrazole rings is 1. The maximum absolute atomic E-state index is 5.52. The van der Waals surface area contributed by atoms with Crippen LogP contribution in [0.4, 0.5) is 0 Å². The van der Waals surface area contributed by atoms with Crippen molar-refractivity contribution in [2.24, 2.45) is 0 Å². The molecule has 0 amide bonds. The van der Waals surface area contributed by atoms with E-state index in [4.69, 9.17) is 14.7 Å². The molecule has 4 aromatic rings. The average molecular weight is 494 g/mol. The monoisotopic (exact) mass is 493 g/mol. The van der Waals surface area contributed by atoms with Gasteiger partial charge in [-0.05, 0) is 40.6 Å². The van der Waals surface area contributed by atoms with Crippen LogP contribution in [0.3, 0.4) is 0 Å². The first kappa shape index (κ1) is 22.1. The minimum Gasteiger partial charge on any atom is -0.379 e. The Balaban J connectivity index is 1.40. The summed E-state index contributed by atoms with van der Waals surface area (Å²) in [5.41, 5.74) is 2.34. The maximum atomic E-state index is 5.52. The van der Waals surface area contributed by atoms with Gasteiger partial charge in [0.15, 0.2) is 0 Å². The molecule has 1 saturated carbocycles. The van der Waals surface area contributed by atoms with Gasteiger partial charge in [-0.15, -0.1) is 16.4 Å². The first-order valence-electron chi connectivity index (χ1n) is 11.9. The highest BCUT2D eigenvalue weighted by atomic mass is 32.2. The summed E-state index contributed by atoms with van der Waals surface area (Å²) >= 11 is 3.25. The summed E-state index contributed by atoms with van der Waals surface area (Å²) in [5.74, 6) is 0.843. The van der Waals surface area contributed by atoms with Crippen molar-refractivity contribution in [3.8, 4) is 11.1 Å². The van der Waals surface area contributed by atoms with Crippen LogP contribution >= 0.6 is 23.1 Å². The van der Waals surface area contributed by atoms with Crippen molar-refractivity contribution in [3.63, 3.8) is 0 Å². The minimum absolute atomic E-state index is 0.368. The van der Waals surface area contributed by atoms with Gasteiger partial charge < -0.3 is 4.74 Å². The molecule has 0 unspecified atom stereocenters. The molecule has 0 radical (unpaired) electrons. The number of rotatable bonds is 6. The van der Waals surface area contributed by atoms with Gasteiger partial charge in [-0.25, -0.2) is 14.6 Å². The topological polar surface area (TPSA) is 81.8 Å². The van der Waals surface area contributed by atoms with Crippen molar-refractivity contribution >= 4 is 33.3 Å². The molecule has 2 aliphatic rings. The lowest BCUT2D eigenvalue weighted by atomic mass is 9.96. The van der Waals surface area contributed by atoms with E-state index in [1.807, 2.05) is 10.7 Å². The number of morpholine rings is 1. The first-order chi connectivity index (χ1) is 16.8. The number of fused-ring (bicyclic) bond motifs is 1. The summed E-state index contributed by atoms with van der Waals surface area (Å²) in [6.45, 7) is 4.06.